The molecule has 1 spiro atoms. The highest BCUT2D eigenvalue weighted by atomic mass is 16.4. The fraction of sp³-hybridized carbons (Fsp3) is 0.146. The molecule has 0 saturated heterocycles. The maximum absolute atomic E-state index is 6.69. The zero-order valence-corrected chi connectivity index (χ0v) is 51.7. The SMILES string of the molecule is CCN(c1ccccc1)c1ccc(Cc2ccc3c(c2)C2(c4cc(-c5ccc(N(c6ccccc6)c6ccccc6)cc5)ccc4-c4ccc(-c5nnc(-c6ccc(C(C)(C)C)cc6)o5)cc42)c2cc(-c4nnc(-c5ccc(C(C)(C)C)cc5)o4)ccc2-3)cc1. The van der Waals surface area contributed by atoms with Gasteiger partial charge in [0.25, 0.3) is 0 Å². The lowest BCUT2D eigenvalue weighted by molar-refractivity contribution is 0.581. The van der Waals surface area contributed by atoms with Crippen LogP contribution in [0.3, 0.4) is 0 Å². The zero-order valence-electron chi connectivity index (χ0n) is 51.7. The van der Waals surface area contributed by atoms with Gasteiger partial charge < -0.3 is 18.6 Å². The van der Waals surface area contributed by atoms with Gasteiger partial charge in [0, 0.05) is 57.2 Å². The van der Waals surface area contributed by atoms with Crippen LogP contribution in [0.1, 0.15) is 93.0 Å². The van der Waals surface area contributed by atoms with Crippen LogP contribution in [0.5, 0.6) is 0 Å². The third kappa shape index (κ3) is 9.89. The van der Waals surface area contributed by atoms with Crippen LogP contribution in [0.15, 0.2) is 270 Å². The number of benzene rings is 11. The second-order valence-corrected chi connectivity index (χ2v) is 25.9. The minimum absolute atomic E-state index is 0.00623. The Hall–Kier alpha value is -10.7. The van der Waals surface area contributed by atoms with Crippen molar-refractivity contribution in [1.29, 1.82) is 0 Å². The minimum Gasteiger partial charge on any atom is -0.416 e. The molecule has 11 aromatic carbocycles. The average molecular weight is 1170 g/mol. The molecule has 2 aliphatic carbocycles. The molecule has 0 bridgehead atoms. The van der Waals surface area contributed by atoms with Crippen molar-refractivity contribution in [1.82, 2.24) is 20.4 Å². The lowest BCUT2D eigenvalue weighted by Crippen LogP contribution is -2.26. The molecule has 13 aromatic rings. The van der Waals surface area contributed by atoms with Crippen LogP contribution in [0, 0.1) is 0 Å². The van der Waals surface area contributed by atoms with Gasteiger partial charge in [-0.15, -0.1) is 20.4 Å². The van der Waals surface area contributed by atoms with Crippen molar-refractivity contribution in [2.24, 2.45) is 0 Å². The van der Waals surface area contributed by atoms with Crippen molar-refractivity contribution < 1.29 is 8.83 Å². The lowest BCUT2D eigenvalue weighted by Gasteiger charge is -2.31. The highest BCUT2D eigenvalue weighted by Crippen LogP contribution is 2.64. The van der Waals surface area contributed by atoms with E-state index in [-0.39, 0.29) is 10.8 Å². The summed E-state index contributed by atoms with van der Waals surface area (Å²) in [7, 11) is 0. The van der Waals surface area contributed by atoms with Crippen LogP contribution in [0.25, 0.3) is 79.2 Å². The Morgan fingerprint density at radius 3 is 1.10 bits per heavy atom. The van der Waals surface area contributed by atoms with Gasteiger partial charge in [0.2, 0.25) is 23.6 Å². The van der Waals surface area contributed by atoms with E-state index in [2.05, 4.69) is 329 Å². The van der Waals surface area contributed by atoms with Crippen molar-refractivity contribution in [3.05, 3.63) is 305 Å². The van der Waals surface area contributed by atoms with Crippen LogP contribution in [0.4, 0.5) is 28.4 Å². The molecule has 0 fully saturated rings. The topological polar surface area (TPSA) is 84.3 Å². The Balaban J connectivity index is 0.902. The summed E-state index contributed by atoms with van der Waals surface area (Å²) in [5.74, 6) is 1.85. The van der Waals surface area contributed by atoms with Crippen molar-refractivity contribution in [2.75, 3.05) is 16.3 Å². The van der Waals surface area contributed by atoms with Crippen molar-refractivity contribution in [2.45, 2.75) is 71.1 Å². The molecule has 0 N–H and O–H groups in total. The monoisotopic (exact) mass is 1170 g/mol. The summed E-state index contributed by atoms with van der Waals surface area (Å²) in [6, 6.07) is 94.3. The molecule has 0 radical (unpaired) electrons. The summed E-state index contributed by atoms with van der Waals surface area (Å²) in [6.07, 6.45) is 0.737. The molecule has 0 saturated carbocycles. The van der Waals surface area contributed by atoms with E-state index in [1.807, 2.05) is 0 Å². The van der Waals surface area contributed by atoms with Gasteiger partial charge in [0.15, 0.2) is 0 Å². The van der Waals surface area contributed by atoms with E-state index < -0.39 is 5.41 Å². The van der Waals surface area contributed by atoms with Gasteiger partial charge in [-0.1, -0.05) is 187 Å². The number of rotatable bonds is 13. The van der Waals surface area contributed by atoms with Gasteiger partial charge in [0.1, 0.15) is 0 Å². The molecule has 2 heterocycles. The molecule has 0 aliphatic heterocycles. The quantitative estimate of drug-likeness (QED) is 0.113. The first-order valence-electron chi connectivity index (χ1n) is 31.2. The first-order valence-corrected chi connectivity index (χ1v) is 31.2. The molecule has 2 aliphatic rings. The van der Waals surface area contributed by atoms with E-state index in [4.69, 9.17) is 19.0 Å². The van der Waals surface area contributed by atoms with Crippen molar-refractivity contribution in [3.8, 4) is 79.2 Å². The largest absolute Gasteiger partial charge is 0.416 e. The van der Waals surface area contributed by atoms with Crippen LogP contribution in [0.2, 0.25) is 0 Å². The van der Waals surface area contributed by atoms with Gasteiger partial charge >= 0.3 is 0 Å². The molecule has 2 aromatic heterocycles. The minimum atomic E-state index is -0.844. The Labute approximate surface area is 526 Å². The predicted molar refractivity (Wildman–Crippen MR) is 366 cm³/mol. The number of fused-ring (bicyclic) bond motifs is 10. The first-order chi connectivity index (χ1) is 43.8. The summed E-state index contributed by atoms with van der Waals surface area (Å²) in [6.45, 7) is 16.4. The molecule has 1 unspecified atom stereocenters. The van der Waals surface area contributed by atoms with Gasteiger partial charge in [-0.3, -0.25) is 0 Å². The van der Waals surface area contributed by atoms with E-state index >= 15 is 0 Å². The molecule has 438 valence electrons. The number of para-hydroxylation sites is 3. The third-order valence-corrected chi connectivity index (χ3v) is 18.2. The fourth-order valence-electron chi connectivity index (χ4n) is 13.5. The van der Waals surface area contributed by atoms with E-state index in [1.54, 1.807) is 0 Å². The maximum Gasteiger partial charge on any atom is 0.248 e. The van der Waals surface area contributed by atoms with Gasteiger partial charge in [-0.05, 0) is 217 Å². The summed E-state index contributed by atoms with van der Waals surface area (Å²) in [5.41, 5.74) is 24.5. The van der Waals surface area contributed by atoms with E-state index in [0.717, 1.165) is 96.9 Å². The van der Waals surface area contributed by atoms with Crippen molar-refractivity contribution in [3.63, 3.8) is 0 Å². The number of anilines is 5. The van der Waals surface area contributed by atoms with Gasteiger partial charge in [-0.2, -0.15) is 0 Å². The van der Waals surface area contributed by atoms with E-state index in [0.29, 0.717) is 23.6 Å². The number of hydrogen-bond donors (Lipinski definition) is 0. The second-order valence-electron chi connectivity index (χ2n) is 25.9. The fourth-order valence-corrected chi connectivity index (χ4v) is 13.5. The molecule has 90 heavy (non-hydrogen) atoms. The summed E-state index contributed by atoms with van der Waals surface area (Å²) in [5, 5.41) is 18.9. The van der Waals surface area contributed by atoms with Crippen LogP contribution < -0.4 is 9.80 Å². The normalized spacial score (nSPS) is 13.9. The third-order valence-electron chi connectivity index (χ3n) is 18.2. The number of aromatic nitrogens is 4. The van der Waals surface area contributed by atoms with Crippen molar-refractivity contribution >= 4 is 28.4 Å². The number of hydrogen-bond acceptors (Lipinski definition) is 8. The average Bonchev–Trinajstić information content (AvgIpc) is 1.52. The first kappa shape index (κ1) is 55.9. The maximum atomic E-state index is 6.69. The van der Waals surface area contributed by atoms with Crippen LogP contribution in [-0.4, -0.2) is 26.9 Å². The summed E-state index contributed by atoms with van der Waals surface area (Å²) in [4.78, 5) is 4.66. The Bertz CT molecular complexity index is 4620. The summed E-state index contributed by atoms with van der Waals surface area (Å²) >= 11 is 0. The smallest absolute Gasteiger partial charge is 0.248 e. The molecule has 0 amide bonds. The van der Waals surface area contributed by atoms with E-state index in [1.165, 1.54) is 44.6 Å². The zero-order chi connectivity index (χ0) is 61.3. The molecule has 15 rings (SSSR count). The van der Waals surface area contributed by atoms with Crippen LogP contribution >= 0.6 is 0 Å². The standard InChI is InChI=1S/C82H68N6O2/c1-8-87(63-18-12-9-13-19-63)64-40-24-53(25-41-64)48-54-26-44-68-70-46-34-59(78-85-83-76(89-78)56-27-36-61(37-28-56)80(2,3)4)51-74(70)82(72(68)49-54)73-50-58(55-31-42-67(43-32-55)88(65-20-14-10-15-21-65)66-22-16-11-17-23-66)33-45-69(73)71-47-35-60(52-75(71)82)79-86-84-77(90-79)57-29-38-62(39-30-57)81(5,6)7/h9-47,49-52H,8,48H2,1-7H3. The second kappa shape index (κ2) is 22.2. The van der Waals surface area contributed by atoms with E-state index in [9.17, 15) is 0 Å². The highest BCUT2D eigenvalue weighted by Gasteiger charge is 2.52. The lowest BCUT2D eigenvalue weighted by atomic mass is 9.69. The Morgan fingerprint density at radius 2 is 0.656 bits per heavy atom. The molecular weight excluding hydrogens is 1100 g/mol. The van der Waals surface area contributed by atoms with Gasteiger partial charge in [0.05, 0.1) is 5.41 Å². The molecule has 8 nitrogen and oxygen atoms in total. The number of nitrogens with zero attached hydrogens (tertiary/aromatic N) is 6. The molecule has 1 atom stereocenters. The van der Waals surface area contributed by atoms with Gasteiger partial charge in [-0.25, -0.2) is 0 Å². The Morgan fingerprint density at radius 1 is 0.322 bits per heavy atom. The Kier molecular flexibility index (Phi) is 13.8. The molecular formula is C82H68N6O2. The molecule has 8 heteroatoms. The van der Waals surface area contributed by atoms with Crippen LogP contribution in [-0.2, 0) is 22.7 Å². The summed E-state index contributed by atoms with van der Waals surface area (Å²) < 4.78 is 13.4. The predicted octanol–water partition coefficient (Wildman–Crippen LogP) is 20.9. The highest BCUT2D eigenvalue weighted by molar-refractivity contribution is 5.98.